The third-order valence-corrected chi connectivity index (χ3v) is 11.1. The van der Waals surface area contributed by atoms with E-state index in [1.54, 1.807) is 61.2 Å². The van der Waals surface area contributed by atoms with Crippen LogP contribution in [-0.2, 0) is 0 Å². The molecule has 0 aliphatic carbocycles. The summed E-state index contributed by atoms with van der Waals surface area (Å²) in [6, 6.07) is 11.2. The molecule has 0 spiro atoms. The zero-order chi connectivity index (χ0) is 28.7. The summed E-state index contributed by atoms with van der Waals surface area (Å²) in [5.74, 6) is 0.725. The predicted octanol–water partition coefficient (Wildman–Crippen LogP) is 8.54. The number of fused-ring (bicyclic) bond motifs is 6. The highest BCUT2D eigenvalue weighted by atomic mass is 32.1. The molecule has 196 valence electrons. The fraction of sp³-hybridized carbons (Fsp3) is 0.0769. The third kappa shape index (κ3) is 4.48. The van der Waals surface area contributed by atoms with E-state index in [0.29, 0.717) is 21.5 Å². The van der Waals surface area contributed by atoms with Gasteiger partial charge in [-0.15, -0.1) is 22.7 Å². The molecule has 0 atom stereocenters. The summed E-state index contributed by atoms with van der Waals surface area (Å²) in [6.45, 7) is 14.3. The lowest BCUT2D eigenvalue weighted by Crippen LogP contribution is -1.81. The number of amidine groups is 2. The Morgan fingerprint density at radius 2 is 1.20 bits per heavy atom. The minimum atomic E-state index is -0.240. The van der Waals surface area contributed by atoms with Crippen molar-refractivity contribution in [2.75, 3.05) is 14.2 Å². The van der Waals surface area contributed by atoms with Crippen molar-refractivity contribution in [1.82, 2.24) is 8.75 Å². The molecule has 0 N–H and O–H groups in total. The van der Waals surface area contributed by atoms with Gasteiger partial charge < -0.3 is 19.2 Å². The summed E-state index contributed by atoms with van der Waals surface area (Å²) >= 11 is 7.03. The number of ether oxygens (including phenoxy) is 2. The molecule has 10 nitrogen and oxygen atoms in total. The Bertz CT molecular complexity index is 2060. The van der Waals surface area contributed by atoms with Gasteiger partial charge >= 0.3 is 11.7 Å². The van der Waals surface area contributed by atoms with Crippen molar-refractivity contribution in [2.24, 2.45) is 9.98 Å². The van der Waals surface area contributed by atoms with Crippen molar-refractivity contribution in [1.29, 1.82) is 10.5 Å². The van der Waals surface area contributed by atoms with E-state index in [-0.39, 0.29) is 11.7 Å². The van der Waals surface area contributed by atoms with E-state index in [1.807, 2.05) is 0 Å². The van der Waals surface area contributed by atoms with Gasteiger partial charge in [-0.1, -0.05) is 45.8 Å². The number of rotatable bonds is 6. The van der Waals surface area contributed by atoms with Crippen molar-refractivity contribution in [3.05, 3.63) is 47.1 Å². The smallest absolute Gasteiger partial charge is 0.350 e. The predicted molar refractivity (Wildman–Crippen MR) is 167 cm³/mol. The van der Waals surface area contributed by atoms with E-state index in [4.69, 9.17) is 33.1 Å². The molecule has 0 saturated heterocycles. The van der Waals surface area contributed by atoms with Crippen molar-refractivity contribution in [2.45, 2.75) is 0 Å². The molecule has 0 bridgehead atoms. The van der Waals surface area contributed by atoms with Crippen LogP contribution in [0.1, 0.15) is 0 Å². The minimum absolute atomic E-state index is 0.240. The van der Waals surface area contributed by atoms with Crippen LogP contribution in [0.25, 0.3) is 60.4 Å². The quantitative estimate of drug-likeness (QED) is 0.104. The van der Waals surface area contributed by atoms with Crippen LogP contribution >= 0.6 is 57.1 Å². The van der Waals surface area contributed by atoms with Gasteiger partial charge in [0.2, 0.25) is 10.0 Å². The van der Waals surface area contributed by atoms with E-state index in [9.17, 15) is 0 Å². The summed E-state index contributed by atoms with van der Waals surface area (Å²) in [7, 11) is 3.15. The monoisotopic (exact) mass is 626 g/mol. The standard InChI is InChI=1S/C26H10N8O2S5/c1-29-17(9-27)31-19-7-13(35-3)25(39-19)15-5-11-21-22(34-41-33-21)12-6-16(38-24(12)23(11)37-15)26-14(36-4)8-20(40-26)32-18(10-28)30-2/h5-8H,3-4H3/b31-17-,32-18+. The molecule has 6 aromatic rings. The Hall–Kier alpha value is -4.74. The van der Waals surface area contributed by atoms with Crippen LogP contribution in [0.15, 0.2) is 34.3 Å². The Morgan fingerprint density at radius 3 is 1.56 bits per heavy atom. The van der Waals surface area contributed by atoms with Gasteiger partial charge in [-0.25, -0.2) is 10.5 Å². The second kappa shape index (κ2) is 10.7. The summed E-state index contributed by atoms with van der Waals surface area (Å²) in [6.07, 6.45) is 0. The minimum Gasteiger partial charge on any atom is -0.495 e. The highest BCUT2D eigenvalue weighted by Gasteiger charge is 2.24. The van der Waals surface area contributed by atoms with Gasteiger partial charge in [0.05, 0.1) is 45.1 Å². The average molecular weight is 627 g/mol. The number of aromatic nitrogens is 2. The highest BCUT2D eigenvalue weighted by molar-refractivity contribution is 7.33. The van der Waals surface area contributed by atoms with Gasteiger partial charge in [0.1, 0.15) is 34.7 Å². The average Bonchev–Trinajstić information content (AvgIpc) is 3.81. The van der Waals surface area contributed by atoms with Crippen molar-refractivity contribution >= 4 is 110 Å². The number of thiophene rings is 4. The SMILES string of the molecule is [C-]#[N+]/C(C#N)=N\c1cc(OC)c(-c2cc3c4nsnc4c4cc(-c5sc(/N=C(\C#N)[N+]#[C-])cc5OC)sc4c3s2)s1. The molecule has 1 aromatic carbocycles. The lowest BCUT2D eigenvalue weighted by molar-refractivity contribution is 0.418. The third-order valence-electron chi connectivity index (χ3n) is 5.77. The molecule has 15 heteroatoms. The van der Waals surface area contributed by atoms with Crippen molar-refractivity contribution in [3.8, 4) is 43.1 Å². The second-order valence-corrected chi connectivity index (χ2v) is 12.6. The Morgan fingerprint density at radius 1 is 0.756 bits per heavy atom. The number of hydrogen-bond donors (Lipinski definition) is 0. The number of methoxy groups -OCH3 is 2. The van der Waals surface area contributed by atoms with Crippen LogP contribution in [0.4, 0.5) is 10.0 Å². The topological polar surface area (TPSA) is 125 Å². The van der Waals surface area contributed by atoms with E-state index < -0.39 is 0 Å². The van der Waals surface area contributed by atoms with Crippen LogP contribution in [0.2, 0.25) is 0 Å². The van der Waals surface area contributed by atoms with Crippen molar-refractivity contribution in [3.63, 3.8) is 0 Å². The normalized spacial score (nSPS) is 11.9. The fourth-order valence-corrected chi connectivity index (χ4v) is 9.34. The molecule has 0 amide bonds. The molecule has 5 heterocycles. The molecule has 6 rings (SSSR count). The summed E-state index contributed by atoms with van der Waals surface area (Å²) in [5, 5.41) is 21.2. The molecule has 0 fully saturated rings. The van der Waals surface area contributed by atoms with E-state index in [2.05, 4.69) is 40.6 Å². The Balaban J connectivity index is 1.55. The summed E-state index contributed by atoms with van der Waals surface area (Å²) in [4.78, 5) is 18.2. The van der Waals surface area contributed by atoms with Crippen LogP contribution in [0.3, 0.4) is 0 Å². The molecule has 0 saturated carbocycles. The summed E-state index contributed by atoms with van der Waals surface area (Å²) < 4.78 is 22.5. The maximum atomic E-state index is 9.13. The first kappa shape index (κ1) is 26.5. The number of hydrogen-bond acceptors (Lipinski definition) is 13. The molecule has 5 aromatic heterocycles. The molecule has 0 unspecified atom stereocenters. The van der Waals surface area contributed by atoms with Crippen LogP contribution < -0.4 is 9.47 Å². The lowest BCUT2D eigenvalue weighted by Gasteiger charge is -1.97. The maximum absolute atomic E-state index is 9.13. The molecular formula is C26H10N8O2S5. The van der Waals surface area contributed by atoms with Crippen LogP contribution in [0, 0.1) is 35.8 Å². The van der Waals surface area contributed by atoms with Gasteiger partial charge in [0.25, 0.3) is 0 Å². The van der Waals surface area contributed by atoms with E-state index in [1.165, 1.54) is 22.7 Å². The number of aliphatic imine (C=N–C) groups is 2. The Kier molecular flexibility index (Phi) is 6.90. The van der Waals surface area contributed by atoms with E-state index >= 15 is 0 Å². The lowest BCUT2D eigenvalue weighted by atomic mass is 10.1. The van der Waals surface area contributed by atoms with Gasteiger partial charge in [-0.2, -0.15) is 8.75 Å². The second-order valence-electron chi connectivity index (χ2n) is 7.95. The zero-order valence-corrected chi connectivity index (χ0v) is 24.8. The largest absolute Gasteiger partial charge is 0.495 e. The fourth-order valence-electron chi connectivity index (χ4n) is 4.08. The van der Waals surface area contributed by atoms with Gasteiger partial charge in [-0.3, -0.25) is 0 Å². The zero-order valence-electron chi connectivity index (χ0n) is 20.7. The molecule has 0 radical (unpaired) electrons. The molecular weight excluding hydrogens is 617 g/mol. The Labute approximate surface area is 251 Å². The maximum Gasteiger partial charge on any atom is 0.350 e. The van der Waals surface area contributed by atoms with Crippen molar-refractivity contribution < 1.29 is 9.47 Å². The number of nitriles is 2. The highest BCUT2D eigenvalue weighted by Crippen LogP contribution is 2.53. The molecule has 0 aliphatic heterocycles. The first-order valence-corrected chi connectivity index (χ1v) is 15.2. The first-order valence-electron chi connectivity index (χ1n) is 11.2. The van der Waals surface area contributed by atoms with E-state index in [0.717, 1.165) is 62.4 Å². The summed E-state index contributed by atoms with van der Waals surface area (Å²) in [5.41, 5.74) is 1.61. The molecule has 41 heavy (non-hydrogen) atoms. The van der Waals surface area contributed by atoms with Crippen LogP contribution in [0.5, 0.6) is 11.5 Å². The number of nitrogens with zero attached hydrogens (tertiary/aromatic N) is 8. The van der Waals surface area contributed by atoms with Gasteiger partial charge in [0.15, 0.2) is 0 Å². The number of benzene rings is 1. The van der Waals surface area contributed by atoms with Crippen LogP contribution in [-0.4, -0.2) is 34.6 Å². The molecule has 0 aliphatic rings. The first-order chi connectivity index (χ1) is 20.0. The van der Waals surface area contributed by atoms with Gasteiger partial charge in [0, 0.05) is 32.7 Å². The van der Waals surface area contributed by atoms with Gasteiger partial charge in [-0.05, 0) is 12.1 Å².